The van der Waals surface area contributed by atoms with Crippen molar-refractivity contribution in [2.24, 2.45) is 0 Å². The highest BCUT2D eigenvalue weighted by Gasteiger charge is 2.28. The molecule has 0 bridgehead atoms. The van der Waals surface area contributed by atoms with Crippen LogP contribution in [0.5, 0.6) is 5.75 Å². The van der Waals surface area contributed by atoms with Crippen LogP contribution in [0, 0.1) is 0 Å². The summed E-state index contributed by atoms with van der Waals surface area (Å²) in [6.45, 7) is 2.40. The number of benzene rings is 1. The summed E-state index contributed by atoms with van der Waals surface area (Å²) in [5, 5.41) is 13.6. The minimum atomic E-state index is -1.39. The van der Waals surface area contributed by atoms with Gasteiger partial charge in [-0.05, 0) is 32.0 Å². The van der Waals surface area contributed by atoms with Gasteiger partial charge < -0.3 is 20.5 Å². The van der Waals surface area contributed by atoms with Gasteiger partial charge in [0.15, 0.2) is 0 Å². The average Bonchev–Trinajstić information content (AvgIpc) is 2.44. The SMILES string of the molecule is COc1cccc(C(=O)NCC(=O)NC(C)(C)C(=O)O)c1. The van der Waals surface area contributed by atoms with E-state index >= 15 is 0 Å². The van der Waals surface area contributed by atoms with Gasteiger partial charge in [-0.3, -0.25) is 9.59 Å². The molecule has 1 aromatic carbocycles. The summed E-state index contributed by atoms with van der Waals surface area (Å²) in [5.41, 5.74) is -1.04. The molecule has 21 heavy (non-hydrogen) atoms. The number of carbonyl (C=O) groups excluding carboxylic acids is 2. The highest BCUT2D eigenvalue weighted by atomic mass is 16.5. The Balaban J connectivity index is 2.56. The molecule has 0 spiro atoms. The lowest BCUT2D eigenvalue weighted by atomic mass is 10.1. The summed E-state index contributed by atoms with van der Waals surface area (Å²) >= 11 is 0. The van der Waals surface area contributed by atoms with E-state index in [-0.39, 0.29) is 6.54 Å². The van der Waals surface area contributed by atoms with Gasteiger partial charge in [0.25, 0.3) is 5.91 Å². The Hall–Kier alpha value is -2.57. The second-order valence-electron chi connectivity index (χ2n) is 4.89. The number of carboxylic acid groups (broad SMARTS) is 1. The number of carboxylic acids is 1. The van der Waals surface area contributed by atoms with Gasteiger partial charge in [0.1, 0.15) is 11.3 Å². The Bertz CT molecular complexity index is 554. The van der Waals surface area contributed by atoms with Gasteiger partial charge in [0, 0.05) is 5.56 Å². The number of ether oxygens (including phenoxy) is 1. The van der Waals surface area contributed by atoms with Crippen LogP contribution in [0.2, 0.25) is 0 Å². The van der Waals surface area contributed by atoms with Crippen molar-refractivity contribution in [2.45, 2.75) is 19.4 Å². The van der Waals surface area contributed by atoms with Crippen molar-refractivity contribution in [3.63, 3.8) is 0 Å². The van der Waals surface area contributed by atoms with E-state index in [0.717, 1.165) is 0 Å². The van der Waals surface area contributed by atoms with Gasteiger partial charge >= 0.3 is 5.97 Å². The van der Waals surface area contributed by atoms with Crippen molar-refractivity contribution in [1.29, 1.82) is 0 Å². The second kappa shape index (κ2) is 6.74. The number of aliphatic carboxylic acids is 1. The number of nitrogens with one attached hydrogen (secondary N) is 2. The minimum Gasteiger partial charge on any atom is -0.497 e. The monoisotopic (exact) mass is 294 g/mol. The number of hydrogen-bond donors (Lipinski definition) is 3. The van der Waals surface area contributed by atoms with Crippen LogP contribution in [0.25, 0.3) is 0 Å². The molecule has 0 saturated carbocycles. The van der Waals surface area contributed by atoms with Crippen LogP contribution < -0.4 is 15.4 Å². The van der Waals surface area contributed by atoms with Crippen molar-refractivity contribution < 1.29 is 24.2 Å². The van der Waals surface area contributed by atoms with E-state index in [1.807, 2.05) is 0 Å². The zero-order valence-corrected chi connectivity index (χ0v) is 12.1. The molecular formula is C14H18N2O5. The Morgan fingerprint density at radius 2 is 1.95 bits per heavy atom. The lowest BCUT2D eigenvalue weighted by Crippen LogP contribution is -2.52. The van der Waals surface area contributed by atoms with Gasteiger partial charge in [-0.1, -0.05) is 6.07 Å². The third-order valence-corrected chi connectivity index (χ3v) is 2.73. The van der Waals surface area contributed by atoms with Crippen molar-refractivity contribution in [3.8, 4) is 5.75 Å². The number of amides is 2. The molecule has 2 amide bonds. The van der Waals surface area contributed by atoms with Crippen molar-refractivity contribution in [2.75, 3.05) is 13.7 Å². The van der Waals surface area contributed by atoms with E-state index in [4.69, 9.17) is 9.84 Å². The number of rotatable bonds is 6. The van der Waals surface area contributed by atoms with Gasteiger partial charge in [-0.25, -0.2) is 4.79 Å². The predicted molar refractivity (Wildman–Crippen MR) is 75.2 cm³/mol. The van der Waals surface area contributed by atoms with Crippen molar-refractivity contribution in [1.82, 2.24) is 10.6 Å². The summed E-state index contributed by atoms with van der Waals surface area (Å²) in [4.78, 5) is 34.3. The fourth-order valence-corrected chi connectivity index (χ4v) is 1.47. The molecule has 0 aromatic heterocycles. The molecule has 1 aromatic rings. The molecule has 0 fully saturated rings. The normalized spacial score (nSPS) is 10.6. The first-order valence-corrected chi connectivity index (χ1v) is 6.23. The summed E-state index contributed by atoms with van der Waals surface area (Å²) in [5.74, 6) is -1.66. The van der Waals surface area contributed by atoms with Gasteiger partial charge in [0.2, 0.25) is 5.91 Å². The maximum atomic E-state index is 11.9. The van der Waals surface area contributed by atoms with Crippen LogP contribution in [0.1, 0.15) is 24.2 Å². The lowest BCUT2D eigenvalue weighted by molar-refractivity contribution is -0.145. The fraction of sp³-hybridized carbons (Fsp3) is 0.357. The molecule has 0 unspecified atom stereocenters. The Labute approximate surface area is 122 Å². The van der Waals surface area contributed by atoms with Crippen LogP contribution in [0.3, 0.4) is 0 Å². The highest BCUT2D eigenvalue weighted by molar-refractivity contribution is 5.97. The summed E-state index contributed by atoms with van der Waals surface area (Å²) in [6.07, 6.45) is 0. The molecule has 0 atom stereocenters. The first kappa shape index (κ1) is 16.5. The number of carbonyl (C=O) groups is 3. The van der Waals surface area contributed by atoms with Crippen LogP contribution >= 0.6 is 0 Å². The van der Waals surface area contributed by atoms with E-state index in [2.05, 4.69) is 10.6 Å². The van der Waals surface area contributed by atoms with E-state index in [1.54, 1.807) is 18.2 Å². The Kier molecular flexibility index (Phi) is 5.29. The molecule has 7 nitrogen and oxygen atoms in total. The van der Waals surface area contributed by atoms with Crippen LogP contribution in [0.4, 0.5) is 0 Å². The minimum absolute atomic E-state index is 0.313. The molecule has 0 saturated heterocycles. The molecule has 114 valence electrons. The smallest absolute Gasteiger partial charge is 0.328 e. The van der Waals surface area contributed by atoms with E-state index < -0.39 is 23.3 Å². The molecule has 0 aliphatic heterocycles. The quantitative estimate of drug-likeness (QED) is 0.704. The molecule has 1 rings (SSSR count). The average molecular weight is 294 g/mol. The maximum absolute atomic E-state index is 11.9. The summed E-state index contributed by atoms with van der Waals surface area (Å²) in [7, 11) is 1.48. The van der Waals surface area contributed by atoms with E-state index in [9.17, 15) is 14.4 Å². The molecule has 0 radical (unpaired) electrons. The standard InChI is InChI=1S/C14H18N2O5/c1-14(2,13(19)20)16-11(17)8-15-12(18)9-5-4-6-10(7-9)21-3/h4-7H,8H2,1-3H3,(H,15,18)(H,16,17)(H,19,20). The van der Waals surface area contributed by atoms with Gasteiger partial charge in [-0.2, -0.15) is 0 Å². The summed E-state index contributed by atoms with van der Waals surface area (Å²) in [6, 6.07) is 6.46. The maximum Gasteiger partial charge on any atom is 0.328 e. The molecule has 0 heterocycles. The highest BCUT2D eigenvalue weighted by Crippen LogP contribution is 2.12. The van der Waals surface area contributed by atoms with Crippen molar-refractivity contribution in [3.05, 3.63) is 29.8 Å². The van der Waals surface area contributed by atoms with E-state index in [0.29, 0.717) is 11.3 Å². The Morgan fingerprint density at radius 3 is 2.52 bits per heavy atom. The zero-order valence-electron chi connectivity index (χ0n) is 12.1. The fourth-order valence-electron chi connectivity index (χ4n) is 1.47. The van der Waals surface area contributed by atoms with Crippen LogP contribution in [-0.2, 0) is 9.59 Å². The first-order valence-electron chi connectivity index (χ1n) is 6.23. The third-order valence-electron chi connectivity index (χ3n) is 2.73. The van der Waals surface area contributed by atoms with Crippen LogP contribution in [-0.4, -0.2) is 42.1 Å². The van der Waals surface area contributed by atoms with Gasteiger partial charge in [0.05, 0.1) is 13.7 Å². The molecule has 0 aliphatic rings. The largest absolute Gasteiger partial charge is 0.497 e. The first-order chi connectivity index (χ1) is 9.76. The zero-order chi connectivity index (χ0) is 16.0. The topological polar surface area (TPSA) is 105 Å². The molecular weight excluding hydrogens is 276 g/mol. The molecule has 0 aliphatic carbocycles. The van der Waals surface area contributed by atoms with E-state index in [1.165, 1.54) is 27.0 Å². The second-order valence-corrected chi connectivity index (χ2v) is 4.89. The number of methoxy groups -OCH3 is 1. The number of hydrogen-bond acceptors (Lipinski definition) is 4. The lowest BCUT2D eigenvalue weighted by Gasteiger charge is -2.21. The van der Waals surface area contributed by atoms with Crippen molar-refractivity contribution >= 4 is 17.8 Å². The summed E-state index contributed by atoms with van der Waals surface area (Å²) < 4.78 is 5.00. The predicted octanol–water partition coefficient (Wildman–Crippen LogP) is 0.404. The van der Waals surface area contributed by atoms with Crippen LogP contribution in [0.15, 0.2) is 24.3 Å². The molecule has 3 N–H and O–H groups in total. The third kappa shape index (κ3) is 4.79. The molecule has 7 heteroatoms. The Morgan fingerprint density at radius 1 is 1.29 bits per heavy atom. The van der Waals surface area contributed by atoms with Gasteiger partial charge in [-0.15, -0.1) is 0 Å².